The van der Waals surface area contributed by atoms with Crippen molar-refractivity contribution in [2.75, 3.05) is 55.1 Å². The molecule has 218 valence electrons. The van der Waals surface area contributed by atoms with Crippen LogP contribution in [0.1, 0.15) is 6.42 Å². The van der Waals surface area contributed by atoms with Gasteiger partial charge in [-0.1, -0.05) is 36.4 Å². The van der Waals surface area contributed by atoms with Crippen LogP contribution in [0.25, 0.3) is 11.3 Å². The topological polar surface area (TPSA) is 112 Å². The highest BCUT2D eigenvalue weighted by molar-refractivity contribution is 6.33. The molecule has 1 aliphatic rings. The molecule has 2 aromatic carbocycles. The van der Waals surface area contributed by atoms with Crippen LogP contribution in [0.5, 0.6) is 5.75 Å². The van der Waals surface area contributed by atoms with Gasteiger partial charge in [0.2, 0.25) is 11.9 Å². The fraction of sp³-hybridized carbons (Fsp3) is 0.267. The fourth-order valence-electron chi connectivity index (χ4n) is 4.90. The summed E-state index contributed by atoms with van der Waals surface area (Å²) >= 11 is 6.51. The van der Waals surface area contributed by atoms with E-state index in [0.717, 1.165) is 42.1 Å². The third-order valence-corrected chi connectivity index (χ3v) is 7.43. The Kier molecular flexibility index (Phi) is 8.60. The molecule has 1 fully saturated rings. The van der Waals surface area contributed by atoms with E-state index >= 15 is 0 Å². The highest BCUT2D eigenvalue weighted by Gasteiger charge is 2.27. The molecule has 5 rings (SSSR count). The lowest BCUT2D eigenvalue weighted by atomic mass is 10.1. The predicted octanol–water partition coefficient (Wildman–Crippen LogP) is 5.29. The first-order valence-corrected chi connectivity index (χ1v) is 13.9. The minimum atomic E-state index is -0.309. The van der Waals surface area contributed by atoms with Gasteiger partial charge in [-0.25, -0.2) is 4.98 Å². The van der Waals surface area contributed by atoms with E-state index in [1.54, 1.807) is 11.8 Å². The maximum atomic E-state index is 12.4. The molecule has 0 aliphatic carbocycles. The van der Waals surface area contributed by atoms with E-state index in [1.165, 1.54) is 12.3 Å². The van der Waals surface area contributed by atoms with Crippen molar-refractivity contribution in [3.05, 3.63) is 72.5 Å². The van der Waals surface area contributed by atoms with Gasteiger partial charge in [0.05, 0.1) is 36.1 Å². The average molecular weight is 588 g/mol. The van der Waals surface area contributed by atoms with Gasteiger partial charge in [0, 0.05) is 49.7 Å². The van der Waals surface area contributed by atoms with Crippen molar-refractivity contribution in [3.63, 3.8) is 0 Å². The molecule has 1 aliphatic heterocycles. The number of aryl methyl sites for hydroxylation is 1. The Morgan fingerprint density at radius 1 is 1.17 bits per heavy atom. The number of aromatic nitrogens is 4. The van der Waals surface area contributed by atoms with Crippen molar-refractivity contribution < 1.29 is 9.53 Å². The molecule has 4 aromatic rings. The van der Waals surface area contributed by atoms with Crippen LogP contribution in [0, 0.1) is 0 Å². The van der Waals surface area contributed by atoms with Crippen LogP contribution in [-0.4, -0.2) is 70.9 Å². The number of methoxy groups -OCH3 is 1. The molecule has 1 amide bonds. The van der Waals surface area contributed by atoms with Gasteiger partial charge in [0.25, 0.3) is 0 Å². The van der Waals surface area contributed by atoms with Gasteiger partial charge in [-0.2, -0.15) is 10.1 Å². The van der Waals surface area contributed by atoms with Crippen molar-refractivity contribution >= 4 is 52.0 Å². The molecule has 3 heterocycles. The number of benzene rings is 2. The van der Waals surface area contributed by atoms with Gasteiger partial charge in [-0.15, -0.1) is 0 Å². The van der Waals surface area contributed by atoms with Gasteiger partial charge in [0.1, 0.15) is 10.8 Å². The number of ether oxygens (including phenoxy) is 1. The van der Waals surface area contributed by atoms with E-state index in [2.05, 4.69) is 61.5 Å². The summed E-state index contributed by atoms with van der Waals surface area (Å²) in [5, 5.41) is 14.4. The Bertz CT molecular complexity index is 1600. The van der Waals surface area contributed by atoms with E-state index in [-0.39, 0.29) is 11.9 Å². The van der Waals surface area contributed by atoms with Crippen molar-refractivity contribution in [1.29, 1.82) is 0 Å². The lowest BCUT2D eigenvalue weighted by Gasteiger charge is -2.25. The lowest BCUT2D eigenvalue weighted by Crippen LogP contribution is -2.31. The Hall–Kier alpha value is -4.61. The average Bonchev–Trinajstić information content (AvgIpc) is 3.65. The molecular formula is C30H34ClN9O2. The summed E-state index contributed by atoms with van der Waals surface area (Å²) in [5.74, 6) is 0.971. The number of rotatable bonds is 10. The molecule has 0 radical (unpaired) electrons. The minimum absolute atomic E-state index is 0.290. The Balaban J connectivity index is 1.46. The maximum Gasteiger partial charge on any atom is 0.247 e. The van der Waals surface area contributed by atoms with E-state index in [1.807, 2.05) is 55.7 Å². The van der Waals surface area contributed by atoms with Crippen LogP contribution in [0.4, 0.5) is 34.5 Å². The van der Waals surface area contributed by atoms with E-state index < -0.39 is 0 Å². The summed E-state index contributed by atoms with van der Waals surface area (Å²) < 4.78 is 7.51. The Morgan fingerprint density at radius 3 is 2.67 bits per heavy atom. The summed E-state index contributed by atoms with van der Waals surface area (Å²) in [4.78, 5) is 25.9. The van der Waals surface area contributed by atoms with Crippen molar-refractivity contribution in [1.82, 2.24) is 24.6 Å². The number of nitrogens with one attached hydrogen (secondary N) is 3. The van der Waals surface area contributed by atoms with Gasteiger partial charge in [-0.05, 0) is 44.8 Å². The zero-order valence-corrected chi connectivity index (χ0v) is 24.8. The number of anilines is 6. The summed E-state index contributed by atoms with van der Waals surface area (Å²) in [5.41, 5.74) is 4.58. The summed E-state index contributed by atoms with van der Waals surface area (Å²) in [6, 6.07) is 13.9. The second-order valence-corrected chi connectivity index (χ2v) is 10.6. The molecule has 2 aromatic heterocycles. The smallest absolute Gasteiger partial charge is 0.247 e. The zero-order valence-electron chi connectivity index (χ0n) is 24.1. The van der Waals surface area contributed by atoms with E-state index in [4.69, 9.17) is 16.3 Å². The van der Waals surface area contributed by atoms with Gasteiger partial charge in [0.15, 0.2) is 5.82 Å². The third-order valence-electron chi connectivity index (χ3n) is 7.16. The molecule has 1 saturated heterocycles. The molecule has 0 saturated carbocycles. The molecule has 1 atom stereocenters. The van der Waals surface area contributed by atoms with Gasteiger partial charge < -0.3 is 30.5 Å². The van der Waals surface area contributed by atoms with Gasteiger partial charge >= 0.3 is 0 Å². The second-order valence-electron chi connectivity index (χ2n) is 10.2. The molecule has 12 heteroatoms. The first-order chi connectivity index (χ1) is 20.2. The zero-order chi connectivity index (χ0) is 29.8. The monoisotopic (exact) mass is 587 g/mol. The molecule has 42 heavy (non-hydrogen) atoms. The van der Waals surface area contributed by atoms with Gasteiger partial charge in [-0.3, -0.25) is 9.48 Å². The molecule has 0 bridgehead atoms. The normalized spacial score (nSPS) is 14.6. The van der Waals surface area contributed by atoms with Crippen molar-refractivity contribution in [3.8, 4) is 17.0 Å². The highest BCUT2D eigenvalue weighted by atomic mass is 35.5. The van der Waals surface area contributed by atoms with Crippen LogP contribution >= 0.6 is 11.6 Å². The first-order valence-electron chi connectivity index (χ1n) is 13.5. The van der Waals surface area contributed by atoms with Crippen molar-refractivity contribution in [2.24, 2.45) is 7.05 Å². The number of para-hydroxylation sites is 1. The highest BCUT2D eigenvalue weighted by Crippen LogP contribution is 2.40. The standard InChI is InChI=1S/C30H34ClN9O2/c1-6-28(41)33-24-15-25(27(42-5)16-26(24)40-14-11-19(18-40)38(2)3)35-30-32-17-21(31)29(36-30)34-22-10-8-7-9-20(22)23-12-13-39(4)37-23/h6-10,12-13,15-17,19H,1,11,14,18H2,2-5H3,(H,33,41)(H2,32,34,35,36)/t19-/m1/s1. The number of carbonyl (C=O) groups is 1. The van der Waals surface area contributed by atoms with Crippen LogP contribution < -0.4 is 25.6 Å². The number of likely N-dealkylation sites (N-methyl/N-ethyl adjacent to an activating group) is 1. The summed E-state index contributed by atoms with van der Waals surface area (Å²) in [6.07, 6.45) is 5.68. The molecular weight excluding hydrogens is 554 g/mol. The number of hydrogen-bond acceptors (Lipinski definition) is 9. The minimum Gasteiger partial charge on any atom is -0.494 e. The van der Waals surface area contributed by atoms with Crippen LogP contribution in [0.2, 0.25) is 5.02 Å². The Morgan fingerprint density at radius 2 is 1.98 bits per heavy atom. The van der Waals surface area contributed by atoms with Crippen molar-refractivity contribution in [2.45, 2.75) is 12.5 Å². The molecule has 0 spiro atoms. The number of hydrogen-bond donors (Lipinski definition) is 3. The van der Waals surface area contributed by atoms with Crippen LogP contribution in [0.15, 0.2) is 67.5 Å². The second kappa shape index (κ2) is 12.5. The quantitative estimate of drug-likeness (QED) is 0.213. The number of carbonyl (C=O) groups excluding carboxylic acids is 1. The lowest BCUT2D eigenvalue weighted by molar-refractivity contribution is -0.111. The SMILES string of the molecule is C=CC(=O)Nc1cc(Nc2ncc(Cl)c(Nc3ccccc3-c3ccn(C)n3)n2)c(OC)cc1N1CC[C@@H](N(C)C)C1. The number of amides is 1. The maximum absolute atomic E-state index is 12.4. The third kappa shape index (κ3) is 6.32. The number of halogens is 1. The fourth-order valence-corrected chi connectivity index (χ4v) is 5.04. The van der Waals surface area contributed by atoms with Crippen LogP contribution in [-0.2, 0) is 11.8 Å². The predicted molar refractivity (Wildman–Crippen MR) is 168 cm³/mol. The first kappa shape index (κ1) is 28.9. The molecule has 3 N–H and O–H groups in total. The number of nitrogens with zero attached hydrogens (tertiary/aromatic N) is 6. The summed E-state index contributed by atoms with van der Waals surface area (Å²) in [6.45, 7) is 5.29. The molecule has 0 unspecified atom stereocenters. The van der Waals surface area contributed by atoms with E-state index in [9.17, 15) is 4.79 Å². The Labute approximate surface area is 250 Å². The summed E-state index contributed by atoms with van der Waals surface area (Å²) in [7, 11) is 7.63. The van der Waals surface area contributed by atoms with Crippen LogP contribution in [0.3, 0.4) is 0 Å². The molecule has 11 nitrogen and oxygen atoms in total. The largest absolute Gasteiger partial charge is 0.494 e. The van der Waals surface area contributed by atoms with E-state index in [0.29, 0.717) is 34.0 Å².